The zero-order valence-corrected chi connectivity index (χ0v) is 13.9. The van der Waals surface area contributed by atoms with E-state index in [2.05, 4.69) is 15.6 Å². The smallest absolute Gasteiger partial charge is 0.337 e. The second-order valence-electron chi connectivity index (χ2n) is 6.20. The molecule has 1 atom stereocenters. The SMILES string of the molecule is Cl.O=C(c1cn(C2CCNCC2)nn1)N1CCCC(C(F)(F)F)C1. The molecule has 10 heteroatoms. The number of amides is 1. The van der Waals surface area contributed by atoms with Gasteiger partial charge in [0.25, 0.3) is 5.91 Å². The van der Waals surface area contributed by atoms with E-state index in [0.29, 0.717) is 13.0 Å². The van der Waals surface area contributed by atoms with Gasteiger partial charge in [0, 0.05) is 13.1 Å². The maximum atomic E-state index is 12.9. The van der Waals surface area contributed by atoms with Gasteiger partial charge in [0.05, 0.1) is 18.2 Å². The van der Waals surface area contributed by atoms with Crippen molar-refractivity contribution in [1.29, 1.82) is 0 Å². The van der Waals surface area contributed by atoms with Gasteiger partial charge in [-0.3, -0.25) is 4.79 Å². The summed E-state index contributed by atoms with van der Waals surface area (Å²) in [4.78, 5) is 13.6. The van der Waals surface area contributed by atoms with E-state index in [9.17, 15) is 18.0 Å². The summed E-state index contributed by atoms with van der Waals surface area (Å²) in [6.07, 6.45) is -0.456. The average molecular weight is 368 g/mol. The molecule has 1 aromatic rings. The number of piperidine rings is 2. The number of carbonyl (C=O) groups is 1. The number of hydrogen-bond donors (Lipinski definition) is 1. The quantitative estimate of drug-likeness (QED) is 0.869. The van der Waals surface area contributed by atoms with Gasteiger partial charge in [0.1, 0.15) is 0 Å². The molecule has 1 N–H and O–H groups in total. The third-order valence-electron chi connectivity index (χ3n) is 4.58. The molecule has 136 valence electrons. The summed E-state index contributed by atoms with van der Waals surface area (Å²) in [6, 6.07) is 0.189. The molecule has 0 saturated carbocycles. The lowest BCUT2D eigenvalue weighted by Gasteiger charge is -2.33. The van der Waals surface area contributed by atoms with Crippen LogP contribution in [0, 0.1) is 5.92 Å². The number of nitrogens with one attached hydrogen (secondary N) is 1. The topological polar surface area (TPSA) is 63.1 Å². The van der Waals surface area contributed by atoms with Crippen LogP contribution >= 0.6 is 12.4 Å². The van der Waals surface area contributed by atoms with E-state index in [0.717, 1.165) is 25.9 Å². The second kappa shape index (κ2) is 7.69. The Balaban J connectivity index is 0.00000208. The minimum atomic E-state index is -4.26. The van der Waals surface area contributed by atoms with Gasteiger partial charge < -0.3 is 10.2 Å². The second-order valence-corrected chi connectivity index (χ2v) is 6.20. The molecule has 0 aromatic carbocycles. The number of carbonyl (C=O) groups excluding carboxylic acids is 1. The Morgan fingerprint density at radius 2 is 1.96 bits per heavy atom. The molecule has 0 radical (unpaired) electrons. The number of likely N-dealkylation sites (tertiary alicyclic amines) is 1. The molecule has 6 nitrogen and oxygen atoms in total. The van der Waals surface area contributed by atoms with Gasteiger partial charge in [0.2, 0.25) is 0 Å². The first-order chi connectivity index (χ1) is 10.9. The van der Waals surface area contributed by atoms with Crippen molar-refractivity contribution in [3.05, 3.63) is 11.9 Å². The number of alkyl halides is 3. The summed E-state index contributed by atoms with van der Waals surface area (Å²) in [7, 11) is 0. The zero-order valence-electron chi connectivity index (χ0n) is 13.1. The summed E-state index contributed by atoms with van der Waals surface area (Å²) in [6.45, 7) is 1.81. The Labute approximate surface area is 144 Å². The Kier molecular flexibility index (Phi) is 6.08. The molecule has 0 bridgehead atoms. The summed E-state index contributed by atoms with van der Waals surface area (Å²) >= 11 is 0. The molecule has 2 fully saturated rings. The van der Waals surface area contributed by atoms with Crippen LogP contribution in [0.4, 0.5) is 13.2 Å². The van der Waals surface area contributed by atoms with Crippen molar-refractivity contribution in [2.45, 2.75) is 37.9 Å². The van der Waals surface area contributed by atoms with Gasteiger partial charge in [0.15, 0.2) is 5.69 Å². The first kappa shape index (κ1) is 19.0. The van der Waals surface area contributed by atoms with Crippen LogP contribution in [0.2, 0.25) is 0 Å². The van der Waals surface area contributed by atoms with E-state index >= 15 is 0 Å². The predicted octanol–water partition coefficient (Wildman–Crippen LogP) is 2.04. The van der Waals surface area contributed by atoms with E-state index < -0.39 is 18.0 Å². The molecular formula is C14H21ClF3N5O. The lowest BCUT2D eigenvalue weighted by atomic mass is 9.97. The number of halogens is 4. The first-order valence-electron chi connectivity index (χ1n) is 7.93. The Morgan fingerprint density at radius 1 is 1.25 bits per heavy atom. The van der Waals surface area contributed by atoms with Crippen LogP contribution < -0.4 is 5.32 Å². The number of hydrogen-bond acceptors (Lipinski definition) is 4. The van der Waals surface area contributed by atoms with Crippen LogP contribution in [0.1, 0.15) is 42.2 Å². The minimum absolute atomic E-state index is 0. The summed E-state index contributed by atoms with van der Waals surface area (Å²) in [5.74, 6) is -1.90. The van der Waals surface area contributed by atoms with Crippen molar-refractivity contribution in [3.63, 3.8) is 0 Å². The highest BCUT2D eigenvalue weighted by molar-refractivity contribution is 5.92. The van der Waals surface area contributed by atoms with Gasteiger partial charge in [-0.05, 0) is 38.8 Å². The molecule has 0 spiro atoms. The highest BCUT2D eigenvalue weighted by Gasteiger charge is 2.43. The largest absolute Gasteiger partial charge is 0.393 e. The molecule has 1 unspecified atom stereocenters. The van der Waals surface area contributed by atoms with Crippen LogP contribution in [0.5, 0.6) is 0 Å². The molecule has 3 rings (SSSR count). The molecule has 2 saturated heterocycles. The van der Waals surface area contributed by atoms with Gasteiger partial charge in [-0.15, -0.1) is 17.5 Å². The fourth-order valence-corrected chi connectivity index (χ4v) is 3.22. The van der Waals surface area contributed by atoms with E-state index in [4.69, 9.17) is 0 Å². The third kappa shape index (κ3) is 4.18. The molecule has 0 aliphatic carbocycles. The normalized spacial score (nSPS) is 23.0. The van der Waals surface area contributed by atoms with Crippen LogP contribution in [-0.4, -0.2) is 58.2 Å². The van der Waals surface area contributed by atoms with E-state index in [1.54, 1.807) is 10.9 Å². The molecule has 1 aromatic heterocycles. The van der Waals surface area contributed by atoms with Crippen molar-refractivity contribution >= 4 is 18.3 Å². The van der Waals surface area contributed by atoms with Crippen molar-refractivity contribution in [1.82, 2.24) is 25.2 Å². The summed E-state index contributed by atoms with van der Waals surface area (Å²) in [5.41, 5.74) is 0.131. The maximum absolute atomic E-state index is 12.9. The van der Waals surface area contributed by atoms with Crippen molar-refractivity contribution in [3.8, 4) is 0 Å². The molecule has 2 aliphatic rings. The van der Waals surface area contributed by atoms with Crippen molar-refractivity contribution in [2.75, 3.05) is 26.2 Å². The molecule has 1 amide bonds. The lowest BCUT2D eigenvalue weighted by Crippen LogP contribution is -2.44. The summed E-state index contributed by atoms with van der Waals surface area (Å²) < 4.78 is 40.2. The van der Waals surface area contributed by atoms with Crippen LogP contribution in [-0.2, 0) is 0 Å². The fourth-order valence-electron chi connectivity index (χ4n) is 3.22. The average Bonchev–Trinajstić information content (AvgIpc) is 3.04. The molecule has 2 aliphatic heterocycles. The molecule has 3 heterocycles. The van der Waals surface area contributed by atoms with E-state index in [1.807, 2.05) is 0 Å². The highest BCUT2D eigenvalue weighted by atomic mass is 35.5. The monoisotopic (exact) mass is 367 g/mol. The zero-order chi connectivity index (χ0) is 16.4. The van der Waals surface area contributed by atoms with Gasteiger partial charge in [-0.2, -0.15) is 13.2 Å². The Morgan fingerprint density at radius 3 is 2.62 bits per heavy atom. The first-order valence-corrected chi connectivity index (χ1v) is 7.93. The van der Waals surface area contributed by atoms with Crippen LogP contribution in [0.15, 0.2) is 6.20 Å². The Hall–Kier alpha value is -1.35. The predicted molar refractivity (Wildman–Crippen MR) is 83.1 cm³/mol. The standard InChI is InChI=1S/C14H20F3N5O.ClH/c15-14(16,17)10-2-1-7-21(8-10)13(23)12-9-22(20-19-12)11-3-5-18-6-4-11;/h9-11,18H,1-8H2;1H. The maximum Gasteiger partial charge on any atom is 0.393 e. The van der Waals surface area contributed by atoms with E-state index in [1.165, 1.54) is 4.90 Å². The van der Waals surface area contributed by atoms with E-state index in [-0.39, 0.29) is 37.1 Å². The number of aromatic nitrogens is 3. The van der Waals surface area contributed by atoms with Crippen LogP contribution in [0.25, 0.3) is 0 Å². The lowest BCUT2D eigenvalue weighted by molar-refractivity contribution is -0.184. The minimum Gasteiger partial charge on any atom is -0.337 e. The Bertz CT molecular complexity index is 559. The fraction of sp³-hybridized carbons (Fsp3) is 0.786. The van der Waals surface area contributed by atoms with Gasteiger partial charge in [-0.1, -0.05) is 5.21 Å². The molecule has 24 heavy (non-hydrogen) atoms. The molecular weight excluding hydrogens is 347 g/mol. The van der Waals surface area contributed by atoms with Crippen molar-refractivity contribution in [2.24, 2.45) is 5.92 Å². The van der Waals surface area contributed by atoms with Gasteiger partial charge in [-0.25, -0.2) is 4.68 Å². The van der Waals surface area contributed by atoms with Crippen LogP contribution in [0.3, 0.4) is 0 Å². The number of rotatable bonds is 2. The van der Waals surface area contributed by atoms with Crippen molar-refractivity contribution < 1.29 is 18.0 Å². The summed E-state index contributed by atoms with van der Waals surface area (Å²) in [5, 5.41) is 11.1. The third-order valence-corrected chi connectivity index (χ3v) is 4.58. The number of nitrogens with zero attached hydrogens (tertiary/aromatic N) is 4. The highest BCUT2D eigenvalue weighted by Crippen LogP contribution is 2.33. The van der Waals surface area contributed by atoms with Gasteiger partial charge >= 0.3 is 6.18 Å².